The fraction of sp³-hybridized carbons (Fsp3) is 0. The Kier molecular flexibility index (Phi) is 2.75. The van der Waals surface area contributed by atoms with E-state index < -0.39 is 0 Å². The Balaban J connectivity index is 3.50. The zero-order valence-corrected chi connectivity index (χ0v) is 4.70. The molecule has 0 rings (SSSR count). The summed E-state index contributed by atoms with van der Waals surface area (Å²) in [4.78, 5) is 0. The van der Waals surface area contributed by atoms with E-state index >= 15 is 0 Å². The third kappa shape index (κ3) is 1.96. The van der Waals surface area contributed by atoms with Gasteiger partial charge >= 0.3 is 0 Å². The molecular weight excluding hydrogens is 144 g/mol. The van der Waals surface area contributed by atoms with Gasteiger partial charge in [0, 0.05) is 12.4 Å². The summed E-state index contributed by atoms with van der Waals surface area (Å²) in [5, 5.41) is 6.49. The van der Waals surface area contributed by atoms with Crippen LogP contribution < -0.4 is 5.73 Å². The van der Waals surface area contributed by atoms with Crippen LogP contribution in [0.25, 0.3) is 0 Å². The van der Waals surface area contributed by atoms with Crippen molar-refractivity contribution in [3.05, 3.63) is 10.7 Å². The molecular formula is C3H5BrN2. The molecule has 0 atom stereocenters. The highest BCUT2D eigenvalue weighted by Gasteiger charge is 1.72. The monoisotopic (exact) mass is 148 g/mol. The molecule has 0 amide bonds. The van der Waals surface area contributed by atoms with Crippen molar-refractivity contribution >= 4 is 22.1 Å². The Hall–Kier alpha value is -0.310. The van der Waals surface area contributed by atoms with Crippen LogP contribution in [0.2, 0.25) is 0 Å². The van der Waals surface area contributed by atoms with E-state index in [1.807, 2.05) is 0 Å². The normalized spacial score (nSPS) is 11.2. The third-order valence-electron chi connectivity index (χ3n) is 0.297. The maximum absolute atomic E-state index is 6.49. The highest BCUT2D eigenvalue weighted by Crippen LogP contribution is 1.94. The minimum absolute atomic E-state index is 0.600. The van der Waals surface area contributed by atoms with E-state index in [4.69, 9.17) is 11.1 Å². The summed E-state index contributed by atoms with van der Waals surface area (Å²) < 4.78 is 0.600. The average molecular weight is 149 g/mol. The zero-order valence-electron chi connectivity index (χ0n) is 3.11. The molecule has 0 aromatic carbocycles. The molecule has 0 heterocycles. The second kappa shape index (κ2) is 2.90. The van der Waals surface area contributed by atoms with Crippen molar-refractivity contribution in [1.29, 1.82) is 5.41 Å². The molecule has 0 saturated heterocycles. The summed E-state index contributed by atoms with van der Waals surface area (Å²) in [6, 6.07) is 0. The highest BCUT2D eigenvalue weighted by molar-refractivity contribution is 9.12. The molecule has 0 aromatic heterocycles. The van der Waals surface area contributed by atoms with Crippen LogP contribution in [0.3, 0.4) is 0 Å². The Labute approximate surface area is 44.7 Å². The lowest BCUT2D eigenvalue weighted by molar-refractivity contribution is 1.55. The first-order valence-electron chi connectivity index (χ1n) is 1.39. The van der Waals surface area contributed by atoms with Gasteiger partial charge in [-0.25, -0.2) is 0 Å². The molecule has 0 aliphatic rings. The lowest BCUT2D eigenvalue weighted by atomic mass is 10.7. The SMILES string of the molecule is N=C/C(Br)=C\N. The summed E-state index contributed by atoms with van der Waals surface area (Å²) in [5.74, 6) is 0. The molecule has 0 aromatic rings. The third-order valence-corrected chi connectivity index (χ3v) is 0.790. The summed E-state index contributed by atoms with van der Waals surface area (Å²) in [6.45, 7) is 0. The van der Waals surface area contributed by atoms with Crippen molar-refractivity contribution in [3.8, 4) is 0 Å². The van der Waals surface area contributed by atoms with Gasteiger partial charge in [0.25, 0.3) is 0 Å². The molecule has 3 heteroatoms. The largest absolute Gasteiger partial charge is 0.404 e. The maximum atomic E-state index is 6.49. The van der Waals surface area contributed by atoms with Crippen molar-refractivity contribution in [2.45, 2.75) is 0 Å². The molecule has 0 spiro atoms. The standard InChI is InChI=1S/C3H5BrN2/c4-3(1-5)2-6/h1-2,5H,6H2/b3-2+,5-1?. The zero-order chi connectivity index (χ0) is 4.99. The van der Waals surface area contributed by atoms with Gasteiger partial charge in [0.05, 0.1) is 4.48 Å². The molecule has 34 valence electrons. The van der Waals surface area contributed by atoms with Crippen LogP contribution in [-0.4, -0.2) is 6.21 Å². The number of nitrogens with one attached hydrogen (secondary N) is 1. The Morgan fingerprint density at radius 2 is 2.33 bits per heavy atom. The summed E-state index contributed by atoms with van der Waals surface area (Å²) in [7, 11) is 0. The molecule has 0 fully saturated rings. The van der Waals surface area contributed by atoms with Crippen molar-refractivity contribution < 1.29 is 0 Å². The predicted molar refractivity (Wildman–Crippen MR) is 30.0 cm³/mol. The van der Waals surface area contributed by atoms with E-state index in [1.165, 1.54) is 6.20 Å². The summed E-state index contributed by atoms with van der Waals surface area (Å²) in [5.41, 5.74) is 4.92. The minimum atomic E-state index is 0.600. The van der Waals surface area contributed by atoms with E-state index in [1.54, 1.807) is 0 Å². The fourth-order valence-corrected chi connectivity index (χ4v) is 0.0481. The number of hydrogen-bond acceptors (Lipinski definition) is 2. The Morgan fingerprint density at radius 1 is 1.83 bits per heavy atom. The van der Waals surface area contributed by atoms with Crippen molar-refractivity contribution in [1.82, 2.24) is 0 Å². The number of allylic oxidation sites excluding steroid dienone is 1. The van der Waals surface area contributed by atoms with Crippen molar-refractivity contribution in [3.63, 3.8) is 0 Å². The van der Waals surface area contributed by atoms with Gasteiger partial charge in [-0.05, 0) is 15.9 Å². The average Bonchev–Trinajstić information content (AvgIpc) is 1.65. The molecule has 0 aliphatic heterocycles. The topological polar surface area (TPSA) is 49.9 Å². The van der Waals surface area contributed by atoms with Gasteiger partial charge in [-0.3, -0.25) is 0 Å². The van der Waals surface area contributed by atoms with Gasteiger partial charge in [-0.15, -0.1) is 0 Å². The molecule has 6 heavy (non-hydrogen) atoms. The fourth-order valence-electron chi connectivity index (χ4n) is 0.0481. The van der Waals surface area contributed by atoms with Crippen LogP contribution in [0, 0.1) is 5.41 Å². The van der Waals surface area contributed by atoms with E-state index in [2.05, 4.69) is 15.9 Å². The molecule has 0 bridgehead atoms. The van der Waals surface area contributed by atoms with E-state index in [9.17, 15) is 0 Å². The Morgan fingerprint density at radius 3 is 2.33 bits per heavy atom. The van der Waals surface area contributed by atoms with Crippen molar-refractivity contribution in [2.75, 3.05) is 0 Å². The molecule has 3 N–H and O–H groups in total. The second-order valence-corrected chi connectivity index (χ2v) is 1.61. The first-order valence-corrected chi connectivity index (χ1v) is 2.18. The number of halogens is 1. The molecule has 0 aliphatic carbocycles. The lowest BCUT2D eigenvalue weighted by Gasteiger charge is -1.74. The van der Waals surface area contributed by atoms with Gasteiger partial charge in [0.15, 0.2) is 0 Å². The predicted octanol–water partition coefficient (Wildman–Crippen LogP) is 0.831. The number of hydrogen-bond donors (Lipinski definition) is 2. The number of rotatable bonds is 1. The van der Waals surface area contributed by atoms with Gasteiger partial charge < -0.3 is 11.1 Å². The van der Waals surface area contributed by atoms with Crippen LogP contribution >= 0.6 is 15.9 Å². The van der Waals surface area contributed by atoms with Crippen molar-refractivity contribution in [2.24, 2.45) is 5.73 Å². The smallest absolute Gasteiger partial charge is 0.0505 e. The maximum Gasteiger partial charge on any atom is 0.0505 e. The second-order valence-electron chi connectivity index (χ2n) is 0.696. The van der Waals surface area contributed by atoms with Crippen LogP contribution in [0.4, 0.5) is 0 Å². The lowest BCUT2D eigenvalue weighted by Crippen LogP contribution is -1.79. The first kappa shape index (κ1) is 5.69. The highest BCUT2D eigenvalue weighted by atomic mass is 79.9. The van der Waals surface area contributed by atoms with Gasteiger partial charge in [0.2, 0.25) is 0 Å². The van der Waals surface area contributed by atoms with Crippen LogP contribution in [0.5, 0.6) is 0 Å². The first-order chi connectivity index (χ1) is 2.81. The van der Waals surface area contributed by atoms with E-state index in [0.29, 0.717) is 4.48 Å². The summed E-state index contributed by atoms with van der Waals surface area (Å²) in [6.07, 6.45) is 2.44. The van der Waals surface area contributed by atoms with Gasteiger partial charge in [-0.1, -0.05) is 0 Å². The summed E-state index contributed by atoms with van der Waals surface area (Å²) >= 11 is 2.97. The van der Waals surface area contributed by atoms with E-state index in [0.717, 1.165) is 6.21 Å². The molecule has 2 nitrogen and oxygen atoms in total. The molecule has 0 saturated carbocycles. The molecule has 0 unspecified atom stereocenters. The Bertz CT molecular complexity index is 76.9. The van der Waals surface area contributed by atoms with Crippen LogP contribution in [0.15, 0.2) is 10.7 Å². The van der Waals surface area contributed by atoms with Crippen LogP contribution in [0.1, 0.15) is 0 Å². The van der Waals surface area contributed by atoms with Gasteiger partial charge in [0.1, 0.15) is 0 Å². The molecule has 0 radical (unpaired) electrons. The van der Waals surface area contributed by atoms with E-state index in [-0.39, 0.29) is 0 Å². The number of nitrogens with two attached hydrogens (primary N) is 1. The van der Waals surface area contributed by atoms with Gasteiger partial charge in [-0.2, -0.15) is 0 Å². The quantitative estimate of drug-likeness (QED) is 0.533. The minimum Gasteiger partial charge on any atom is -0.404 e. The van der Waals surface area contributed by atoms with Crippen LogP contribution in [-0.2, 0) is 0 Å².